The topological polar surface area (TPSA) is 37.3 Å². The van der Waals surface area contributed by atoms with Crippen molar-refractivity contribution in [3.8, 4) is 0 Å². The Hall–Kier alpha value is -0.370. The lowest BCUT2D eigenvalue weighted by molar-refractivity contribution is -0.120. The van der Waals surface area contributed by atoms with E-state index in [1.165, 1.54) is 0 Å². The van der Waals surface area contributed by atoms with Crippen molar-refractivity contribution in [2.45, 2.75) is 27.2 Å². The minimum Gasteiger partial charge on any atom is -0.395 e. The van der Waals surface area contributed by atoms with E-state index in [2.05, 4.69) is 0 Å². The van der Waals surface area contributed by atoms with Gasteiger partial charge in [0.1, 0.15) is 6.29 Å². The van der Waals surface area contributed by atoms with Gasteiger partial charge in [-0.05, 0) is 5.92 Å². The minimum atomic E-state index is -0.533. The fourth-order valence-electron chi connectivity index (χ4n) is 0.776. The van der Waals surface area contributed by atoms with Crippen molar-refractivity contribution in [2.75, 3.05) is 6.61 Å². The maximum Gasteiger partial charge on any atom is 0.128 e. The molecule has 0 spiro atoms. The molecule has 60 valence electrons. The summed E-state index contributed by atoms with van der Waals surface area (Å²) in [6.45, 7) is 5.73. The van der Waals surface area contributed by atoms with Crippen LogP contribution in [0.2, 0.25) is 0 Å². The number of hydrogen-bond acceptors (Lipinski definition) is 2. The lowest BCUT2D eigenvalue weighted by Crippen LogP contribution is -2.30. The standard InChI is InChI=1S/C8H16O2/c1-4-7(2)8(3,5-9)6-10/h5,7,10H,4,6H2,1-3H3. The van der Waals surface area contributed by atoms with E-state index in [1.54, 1.807) is 6.92 Å². The Morgan fingerprint density at radius 2 is 2.20 bits per heavy atom. The number of rotatable bonds is 4. The zero-order chi connectivity index (χ0) is 8.20. The summed E-state index contributed by atoms with van der Waals surface area (Å²) in [7, 11) is 0. The number of aliphatic hydroxyl groups excluding tert-OH is 1. The highest BCUT2D eigenvalue weighted by Gasteiger charge is 2.28. The fourth-order valence-corrected chi connectivity index (χ4v) is 0.776. The van der Waals surface area contributed by atoms with Crippen molar-refractivity contribution in [1.82, 2.24) is 0 Å². The van der Waals surface area contributed by atoms with Gasteiger partial charge in [-0.3, -0.25) is 0 Å². The van der Waals surface area contributed by atoms with Crippen LogP contribution in [-0.2, 0) is 4.79 Å². The lowest BCUT2D eigenvalue weighted by Gasteiger charge is -2.26. The van der Waals surface area contributed by atoms with E-state index < -0.39 is 5.41 Å². The van der Waals surface area contributed by atoms with Crippen LogP contribution < -0.4 is 0 Å². The van der Waals surface area contributed by atoms with Gasteiger partial charge in [-0.2, -0.15) is 0 Å². The molecule has 0 bridgehead atoms. The van der Waals surface area contributed by atoms with Crippen molar-refractivity contribution in [1.29, 1.82) is 0 Å². The molecule has 1 N–H and O–H groups in total. The summed E-state index contributed by atoms with van der Waals surface area (Å²) in [6, 6.07) is 0. The molecule has 2 atom stereocenters. The molecule has 0 aromatic heterocycles. The van der Waals surface area contributed by atoms with Crippen LogP contribution in [0.5, 0.6) is 0 Å². The molecule has 2 nitrogen and oxygen atoms in total. The van der Waals surface area contributed by atoms with Crippen LogP contribution in [0.1, 0.15) is 27.2 Å². The molecular formula is C8H16O2. The second kappa shape index (κ2) is 3.71. The number of aldehydes is 1. The number of hydrogen-bond donors (Lipinski definition) is 1. The van der Waals surface area contributed by atoms with E-state index >= 15 is 0 Å². The van der Waals surface area contributed by atoms with Gasteiger partial charge in [0.05, 0.1) is 6.61 Å². The third-order valence-corrected chi connectivity index (χ3v) is 2.35. The Kier molecular flexibility index (Phi) is 3.58. The Morgan fingerprint density at radius 3 is 2.30 bits per heavy atom. The second-order valence-electron chi connectivity index (χ2n) is 3.09. The molecular weight excluding hydrogens is 128 g/mol. The number of aliphatic hydroxyl groups is 1. The molecule has 0 aromatic carbocycles. The third kappa shape index (κ3) is 1.81. The number of carbonyl (C=O) groups excluding carboxylic acids is 1. The first-order valence-corrected chi connectivity index (χ1v) is 3.68. The van der Waals surface area contributed by atoms with Crippen molar-refractivity contribution >= 4 is 6.29 Å². The van der Waals surface area contributed by atoms with Crippen molar-refractivity contribution in [3.05, 3.63) is 0 Å². The molecule has 0 radical (unpaired) electrons. The second-order valence-corrected chi connectivity index (χ2v) is 3.09. The summed E-state index contributed by atoms with van der Waals surface area (Å²) in [4.78, 5) is 10.5. The van der Waals surface area contributed by atoms with Gasteiger partial charge in [0.2, 0.25) is 0 Å². The summed E-state index contributed by atoms with van der Waals surface area (Å²) in [5.74, 6) is 0.259. The minimum absolute atomic E-state index is 0.0501. The van der Waals surface area contributed by atoms with Crippen molar-refractivity contribution in [3.63, 3.8) is 0 Å². The van der Waals surface area contributed by atoms with E-state index in [9.17, 15) is 4.79 Å². The molecule has 0 fully saturated rings. The SMILES string of the molecule is CCC(C)C(C)(C=O)CO. The Morgan fingerprint density at radius 1 is 1.70 bits per heavy atom. The highest BCUT2D eigenvalue weighted by Crippen LogP contribution is 2.26. The maximum atomic E-state index is 10.5. The van der Waals surface area contributed by atoms with Crippen molar-refractivity contribution < 1.29 is 9.90 Å². The van der Waals surface area contributed by atoms with Crippen LogP contribution in [0.15, 0.2) is 0 Å². The van der Waals surface area contributed by atoms with Gasteiger partial charge in [-0.25, -0.2) is 0 Å². The predicted octanol–water partition coefficient (Wildman–Crippen LogP) is 1.23. The molecule has 0 saturated heterocycles. The Labute approximate surface area is 62.2 Å². The van der Waals surface area contributed by atoms with Gasteiger partial charge in [0.25, 0.3) is 0 Å². The Bertz CT molecular complexity index is 112. The molecule has 0 amide bonds. The molecule has 0 heterocycles. The van der Waals surface area contributed by atoms with E-state index in [0.29, 0.717) is 0 Å². The average molecular weight is 144 g/mol. The molecule has 0 aliphatic carbocycles. The van der Waals surface area contributed by atoms with Crippen LogP contribution in [0, 0.1) is 11.3 Å². The molecule has 0 aliphatic heterocycles. The maximum absolute atomic E-state index is 10.5. The molecule has 0 rings (SSSR count). The van der Waals surface area contributed by atoms with E-state index in [0.717, 1.165) is 12.7 Å². The zero-order valence-electron chi connectivity index (χ0n) is 6.92. The number of carbonyl (C=O) groups is 1. The van der Waals surface area contributed by atoms with Gasteiger partial charge < -0.3 is 9.90 Å². The van der Waals surface area contributed by atoms with Crippen LogP contribution in [-0.4, -0.2) is 18.0 Å². The summed E-state index contributed by atoms with van der Waals surface area (Å²) < 4.78 is 0. The lowest BCUT2D eigenvalue weighted by atomic mass is 9.79. The zero-order valence-corrected chi connectivity index (χ0v) is 6.92. The smallest absolute Gasteiger partial charge is 0.128 e. The van der Waals surface area contributed by atoms with Gasteiger partial charge >= 0.3 is 0 Å². The van der Waals surface area contributed by atoms with Gasteiger partial charge in [-0.15, -0.1) is 0 Å². The molecule has 0 saturated carbocycles. The quantitative estimate of drug-likeness (QED) is 0.602. The van der Waals surface area contributed by atoms with Crippen molar-refractivity contribution in [2.24, 2.45) is 11.3 Å². The molecule has 0 aliphatic rings. The normalized spacial score (nSPS) is 19.6. The summed E-state index contributed by atoms with van der Waals surface area (Å²) in [6.07, 6.45) is 1.77. The summed E-state index contributed by atoms with van der Waals surface area (Å²) >= 11 is 0. The van der Waals surface area contributed by atoms with E-state index in [-0.39, 0.29) is 12.5 Å². The molecule has 2 unspecified atom stereocenters. The summed E-state index contributed by atoms with van der Waals surface area (Å²) in [5.41, 5.74) is -0.533. The van der Waals surface area contributed by atoms with Gasteiger partial charge in [0, 0.05) is 5.41 Å². The van der Waals surface area contributed by atoms with E-state index in [1.807, 2.05) is 13.8 Å². The Balaban J connectivity index is 4.16. The first kappa shape index (κ1) is 9.63. The van der Waals surface area contributed by atoms with Crippen LogP contribution in [0.25, 0.3) is 0 Å². The van der Waals surface area contributed by atoms with E-state index in [4.69, 9.17) is 5.11 Å². The molecule has 0 aromatic rings. The van der Waals surface area contributed by atoms with Gasteiger partial charge in [0.15, 0.2) is 0 Å². The molecule has 2 heteroatoms. The van der Waals surface area contributed by atoms with Crippen LogP contribution in [0.3, 0.4) is 0 Å². The van der Waals surface area contributed by atoms with Gasteiger partial charge in [-0.1, -0.05) is 27.2 Å². The van der Waals surface area contributed by atoms with Crippen LogP contribution >= 0.6 is 0 Å². The largest absolute Gasteiger partial charge is 0.395 e. The third-order valence-electron chi connectivity index (χ3n) is 2.35. The first-order valence-electron chi connectivity index (χ1n) is 3.68. The van der Waals surface area contributed by atoms with Crippen LogP contribution in [0.4, 0.5) is 0 Å². The highest BCUT2D eigenvalue weighted by molar-refractivity contribution is 5.59. The monoisotopic (exact) mass is 144 g/mol. The molecule has 10 heavy (non-hydrogen) atoms. The predicted molar refractivity (Wildman–Crippen MR) is 40.7 cm³/mol. The highest BCUT2D eigenvalue weighted by atomic mass is 16.3. The fraction of sp³-hybridized carbons (Fsp3) is 0.875. The first-order chi connectivity index (χ1) is 4.60. The average Bonchev–Trinajstić information content (AvgIpc) is 2.01. The summed E-state index contributed by atoms with van der Waals surface area (Å²) in [5, 5.41) is 8.86.